The predicted octanol–water partition coefficient (Wildman–Crippen LogP) is 2.94. The minimum absolute atomic E-state index is 0.0370. The Labute approximate surface area is 174 Å². The Morgan fingerprint density at radius 2 is 2.04 bits per heavy atom. The Bertz CT molecular complexity index is 1030. The predicted molar refractivity (Wildman–Crippen MR) is 108 cm³/mol. The van der Waals surface area contributed by atoms with Crippen LogP contribution in [-0.4, -0.2) is 38.8 Å². The van der Waals surface area contributed by atoms with Gasteiger partial charge in [-0.15, -0.1) is 5.10 Å². The molecule has 0 atom stereocenters. The van der Waals surface area contributed by atoms with E-state index in [-0.39, 0.29) is 18.2 Å². The minimum atomic E-state index is -0.293. The van der Waals surface area contributed by atoms with E-state index in [0.717, 1.165) is 16.9 Å². The molecule has 0 bridgehead atoms. The fourth-order valence-electron chi connectivity index (χ4n) is 2.42. The van der Waals surface area contributed by atoms with Gasteiger partial charge in [0.15, 0.2) is 5.13 Å². The molecule has 8 nitrogen and oxygen atoms in total. The van der Waals surface area contributed by atoms with Crippen LogP contribution in [0.2, 0.25) is 10.0 Å². The number of aromatic nitrogens is 4. The Balaban J connectivity index is 1.61. The average Bonchev–Trinajstić information content (AvgIpc) is 3.23. The Kier molecular flexibility index (Phi) is 6.28. The highest BCUT2D eigenvalue weighted by atomic mass is 35.5. The van der Waals surface area contributed by atoms with Crippen LogP contribution >= 0.6 is 34.5 Å². The zero-order chi connectivity index (χ0) is 20.3. The Hall–Kier alpha value is -2.49. The minimum Gasteiger partial charge on any atom is -0.354 e. The molecule has 0 aliphatic heterocycles. The first-order valence-corrected chi connectivity index (χ1v) is 9.75. The summed E-state index contributed by atoms with van der Waals surface area (Å²) in [6.07, 6.45) is 1.72. The molecule has 1 aromatic carbocycles. The largest absolute Gasteiger partial charge is 0.354 e. The van der Waals surface area contributed by atoms with Gasteiger partial charge in [0, 0.05) is 13.2 Å². The van der Waals surface area contributed by atoms with E-state index in [1.54, 1.807) is 37.0 Å². The molecule has 0 unspecified atom stereocenters. The summed E-state index contributed by atoms with van der Waals surface area (Å²) in [6, 6.07) is 5.32. The lowest BCUT2D eigenvalue weighted by Crippen LogP contribution is -2.17. The van der Waals surface area contributed by atoms with Crippen LogP contribution in [0.25, 0.3) is 0 Å². The van der Waals surface area contributed by atoms with E-state index in [2.05, 4.69) is 25.9 Å². The second-order valence-electron chi connectivity index (χ2n) is 5.89. The molecule has 2 amide bonds. The van der Waals surface area contributed by atoms with Gasteiger partial charge in [-0.3, -0.25) is 9.59 Å². The van der Waals surface area contributed by atoms with Gasteiger partial charge >= 0.3 is 0 Å². The van der Waals surface area contributed by atoms with Gasteiger partial charge in [-0.2, -0.15) is 0 Å². The van der Waals surface area contributed by atoms with E-state index in [4.69, 9.17) is 23.2 Å². The summed E-state index contributed by atoms with van der Waals surface area (Å²) in [5, 5.41) is 14.6. The van der Waals surface area contributed by atoms with E-state index in [9.17, 15) is 9.59 Å². The monoisotopic (exact) mass is 438 g/mol. The summed E-state index contributed by atoms with van der Waals surface area (Å²) in [6.45, 7) is 2.16. The first-order chi connectivity index (χ1) is 13.4. The fraction of sp³-hybridized carbons (Fsp3) is 0.235. The maximum absolute atomic E-state index is 12.2. The number of nitrogens with one attached hydrogen (secondary N) is 2. The van der Waals surface area contributed by atoms with Crippen molar-refractivity contribution in [3.63, 3.8) is 0 Å². The van der Waals surface area contributed by atoms with Crippen LogP contribution in [0, 0.1) is 6.92 Å². The summed E-state index contributed by atoms with van der Waals surface area (Å²) in [7, 11) is 1.54. The number of nitrogens with zero attached hydrogens (tertiary/aromatic N) is 4. The number of halogens is 2. The highest BCUT2D eigenvalue weighted by Gasteiger charge is 2.16. The molecule has 2 aromatic heterocycles. The number of aryl methyl sites for hydroxylation is 1. The number of carbonyl (C=O) groups is 2. The second-order valence-corrected chi connectivity index (χ2v) is 7.71. The van der Waals surface area contributed by atoms with Crippen LogP contribution in [0.1, 0.15) is 26.6 Å². The maximum Gasteiger partial charge on any atom is 0.263 e. The van der Waals surface area contributed by atoms with Gasteiger partial charge in [-0.25, -0.2) is 9.67 Å². The third kappa shape index (κ3) is 4.86. The lowest BCUT2D eigenvalue weighted by molar-refractivity contribution is -0.115. The number of rotatable bonds is 6. The van der Waals surface area contributed by atoms with Crippen molar-refractivity contribution >= 4 is 51.5 Å². The van der Waals surface area contributed by atoms with Crippen LogP contribution in [0.4, 0.5) is 5.13 Å². The summed E-state index contributed by atoms with van der Waals surface area (Å²) < 4.78 is 1.61. The summed E-state index contributed by atoms with van der Waals surface area (Å²) >= 11 is 13.0. The molecule has 0 saturated heterocycles. The van der Waals surface area contributed by atoms with Crippen LogP contribution in [0.15, 0.2) is 24.4 Å². The molecule has 2 N–H and O–H groups in total. The van der Waals surface area contributed by atoms with E-state index in [1.165, 1.54) is 0 Å². The van der Waals surface area contributed by atoms with Gasteiger partial charge in [0.2, 0.25) is 5.91 Å². The molecule has 28 heavy (non-hydrogen) atoms. The summed E-state index contributed by atoms with van der Waals surface area (Å²) in [5.74, 6) is -0.528. The Morgan fingerprint density at radius 1 is 1.25 bits per heavy atom. The molecule has 11 heteroatoms. The van der Waals surface area contributed by atoms with E-state index in [0.29, 0.717) is 38.0 Å². The van der Waals surface area contributed by atoms with Crippen LogP contribution in [0.3, 0.4) is 0 Å². The number of hydrogen-bond donors (Lipinski definition) is 2. The number of anilines is 1. The molecule has 3 rings (SSSR count). The lowest BCUT2D eigenvalue weighted by Gasteiger charge is -2.02. The number of benzene rings is 1. The maximum atomic E-state index is 12.2. The third-order valence-electron chi connectivity index (χ3n) is 3.73. The second kappa shape index (κ2) is 8.68. The van der Waals surface area contributed by atoms with Crippen LogP contribution < -0.4 is 10.6 Å². The van der Waals surface area contributed by atoms with Crippen LogP contribution in [-0.2, 0) is 17.8 Å². The summed E-state index contributed by atoms with van der Waals surface area (Å²) in [5.41, 5.74) is 1.99. The SMILES string of the molecule is CNC(=O)c1sc(NC(=O)Cc2cn(Cc3ccc(Cl)c(Cl)c3)nn2)nc1C. The molecule has 3 aromatic rings. The molecule has 0 fully saturated rings. The number of carbonyl (C=O) groups excluding carboxylic acids is 2. The quantitative estimate of drug-likeness (QED) is 0.615. The number of thiazole rings is 1. The van der Waals surface area contributed by atoms with E-state index >= 15 is 0 Å². The number of amides is 2. The lowest BCUT2D eigenvalue weighted by atomic mass is 10.2. The molecule has 2 heterocycles. The Morgan fingerprint density at radius 3 is 2.75 bits per heavy atom. The van der Waals surface area contributed by atoms with E-state index < -0.39 is 0 Å². The highest BCUT2D eigenvalue weighted by Crippen LogP contribution is 2.23. The molecule has 0 aliphatic rings. The zero-order valence-electron chi connectivity index (χ0n) is 15.0. The molecular formula is C17H16Cl2N6O2S. The highest BCUT2D eigenvalue weighted by molar-refractivity contribution is 7.17. The van der Waals surface area contributed by atoms with Crippen LogP contribution in [0.5, 0.6) is 0 Å². The number of hydrogen-bond acceptors (Lipinski definition) is 6. The van der Waals surface area contributed by atoms with Crippen molar-refractivity contribution in [2.75, 3.05) is 12.4 Å². The van der Waals surface area contributed by atoms with E-state index in [1.807, 2.05) is 6.07 Å². The first-order valence-electron chi connectivity index (χ1n) is 8.18. The zero-order valence-corrected chi connectivity index (χ0v) is 17.3. The van der Waals surface area contributed by atoms with Gasteiger partial charge in [-0.1, -0.05) is 45.8 Å². The van der Waals surface area contributed by atoms with Crippen molar-refractivity contribution in [2.45, 2.75) is 19.9 Å². The van der Waals surface area contributed by atoms with Crippen molar-refractivity contribution in [3.05, 3.63) is 56.3 Å². The normalized spacial score (nSPS) is 10.7. The molecule has 0 radical (unpaired) electrons. The average molecular weight is 439 g/mol. The van der Waals surface area contributed by atoms with Crippen molar-refractivity contribution in [3.8, 4) is 0 Å². The van der Waals surface area contributed by atoms with Gasteiger partial charge in [0.1, 0.15) is 4.88 Å². The molecule has 0 aliphatic carbocycles. The first kappa shape index (κ1) is 20.2. The smallest absolute Gasteiger partial charge is 0.263 e. The molecule has 0 saturated carbocycles. The molecular weight excluding hydrogens is 423 g/mol. The summed E-state index contributed by atoms with van der Waals surface area (Å²) in [4.78, 5) is 28.6. The topological polar surface area (TPSA) is 102 Å². The van der Waals surface area contributed by atoms with Crippen molar-refractivity contribution in [1.82, 2.24) is 25.3 Å². The van der Waals surface area contributed by atoms with Gasteiger partial charge < -0.3 is 10.6 Å². The fourth-order valence-corrected chi connectivity index (χ4v) is 3.67. The van der Waals surface area contributed by atoms with Gasteiger partial charge in [-0.05, 0) is 24.6 Å². The third-order valence-corrected chi connectivity index (χ3v) is 5.54. The van der Waals surface area contributed by atoms with Crippen molar-refractivity contribution in [2.24, 2.45) is 0 Å². The van der Waals surface area contributed by atoms with Crippen molar-refractivity contribution in [1.29, 1.82) is 0 Å². The van der Waals surface area contributed by atoms with Crippen molar-refractivity contribution < 1.29 is 9.59 Å². The molecule has 0 spiro atoms. The molecule has 146 valence electrons. The van der Waals surface area contributed by atoms with Gasteiger partial charge in [0.25, 0.3) is 5.91 Å². The van der Waals surface area contributed by atoms with Gasteiger partial charge in [0.05, 0.1) is 34.4 Å². The standard InChI is InChI=1S/C17H16Cl2N6O2S/c1-9-15(16(27)20-2)28-17(21-9)22-14(26)6-11-8-25(24-23-11)7-10-3-4-12(18)13(19)5-10/h3-5,8H,6-7H2,1-2H3,(H,20,27)(H,21,22,26).